The molecule has 0 saturated carbocycles. The summed E-state index contributed by atoms with van der Waals surface area (Å²) in [5.74, 6) is -0.936. The fourth-order valence-electron chi connectivity index (χ4n) is 3.54. The molecule has 7 nitrogen and oxygen atoms in total. The van der Waals surface area contributed by atoms with Gasteiger partial charge in [-0.05, 0) is 49.6 Å². The second kappa shape index (κ2) is 8.57. The van der Waals surface area contributed by atoms with Gasteiger partial charge in [0.15, 0.2) is 6.23 Å². The number of rotatable bonds is 7. The number of hydrogen-bond acceptors (Lipinski definition) is 4. The molecule has 0 aromatic heterocycles. The van der Waals surface area contributed by atoms with E-state index in [2.05, 4.69) is 5.32 Å². The highest BCUT2D eigenvalue weighted by molar-refractivity contribution is 6.03. The maximum atomic E-state index is 13.0. The van der Waals surface area contributed by atoms with Gasteiger partial charge in [-0.3, -0.25) is 4.79 Å². The number of carbonyl (C=O) groups excluding carboxylic acids is 2. The second-order valence-corrected chi connectivity index (χ2v) is 7.57. The van der Waals surface area contributed by atoms with E-state index in [1.165, 1.54) is 24.3 Å². The van der Waals surface area contributed by atoms with Gasteiger partial charge in [0.25, 0.3) is 0 Å². The van der Waals surface area contributed by atoms with Crippen LogP contribution in [0.1, 0.15) is 55.6 Å². The monoisotopic (exact) mass is 410 g/mol. The zero-order valence-corrected chi connectivity index (χ0v) is 17.3. The molecule has 7 heteroatoms. The summed E-state index contributed by atoms with van der Waals surface area (Å²) in [6, 6.07) is 14.7. The second-order valence-electron chi connectivity index (χ2n) is 7.57. The van der Waals surface area contributed by atoms with Crippen LogP contribution in [0.2, 0.25) is 0 Å². The number of amides is 3. The molecule has 2 aromatic carbocycles. The predicted molar refractivity (Wildman–Crippen MR) is 111 cm³/mol. The standard InChI is InChI=1S/C23H26N2O5/c1-4-18(15-9-7-6-8-10-15)24-22(29)25-20(28)23(3,5-2)21(25)30-17-13-11-16(12-14-17)19(26)27/h6-14,18,21H,4-5H2,1-3H3,(H,24,29)(H,26,27)/t18-,21-,23-/m0/s1. The summed E-state index contributed by atoms with van der Waals surface area (Å²) >= 11 is 0. The summed E-state index contributed by atoms with van der Waals surface area (Å²) in [6.45, 7) is 5.60. The van der Waals surface area contributed by atoms with Gasteiger partial charge >= 0.3 is 12.0 Å². The molecule has 158 valence electrons. The maximum Gasteiger partial charge on any atom is 0.335 e. The van der Waals surface area contributed by atoms with Crippen molar-refractivity contribution in [2.45, 2.75) is 45.9 Å². The summed E-state index contributed by atoms with van der Waals surface area (Å²) in [5.41, 5.74) is 0.256. The fraction of sp³-hybridized carbons (Fsp3) is 0.348. The van der Waals surface area contributed by atoms with Crippen LogP contribution in [0.5, 0.6) is 5.75 Å². The Morgan fingerprint density at radius 1 is 1.13 bits per heavy atom. The van der Waals surface area contributed by atoms with Crippen LogP contribution in [0, 0.1) is 5.41 Å². The molecule has 1 aliphatic rings. The van der Waals surface area contributed by atoms with E-state index in [-0.39, 0.29) is 17.5 Å². The highest BCUT2D eigenvalue weighted by atomic mass is 16.5. The Bertz CT molecular complexity index is 928. The van der Waals surface area contributed by atoms with Gasteiger partial charge in [-0.15, -0.1) is 0 Å². The quantitative estimate of drug-likeness (QED) is 0.667. The lowest BCUT2D eigenvalue weighted by Gasteiger charge is -2.51. The highest BCUT2D eigenvalue weighted by Crippen LogP contribution is 2.43. The van der Waals surface area contributed by atoms with Gasteiger partial charge in [0, 0.05) is 0 Å². The van der Waals surface area contributed by atoms with E-state index in [4.69, 9.17) is 9.84 Å². The van der Waals surface area contributed by atoms with E-state index in [1.54, 1.807) is 6.92 Å². The van der Waals surface area contributed by atoms with Crippen molar-refractivity contribution in [1.82, 2.24) is 10.2 Å². The smallest absolute Gasteiger partial charge is 0.335 e. The van der Waals surface area contributed by atoms with Crippen LogP contribution in [0.4, 0.5) is 4.79 Å². The SMILES string of the molecule is CC[C@H](NC(=O)N1C(=O)[C@](C)(CC)[C@@H]1Oc1ccc(C(=O)O)cc1)c1ccccc1. The third-order valence-corrected chi connectivity index (χ3v) is 5.70. The minimum atomic E-state index is -1.04. The van der Waals surface area contributed by atoms with Crippen LogP contribution >= 0.6 is 0 Å². The van der Waals surface area contributed by atoms with E-state index >= 15 is 0 Å². The topological polar surface area (TPSA) is 95.9 Å². The molecule has 0 unspecified atom stereocenters. The normalized spacial score (nSPS) is 21.5. The Hall–Kier alpha value is -3.35. The van der Waals surface area contributed by atoms with Crippen LogP contribution in [0.3, 0.4) is 0 Å². The summed E-state index contributed by atoms with van der Waals surface area (Å²) in [5, 5.41) is 12.0. The zero-order chi connectivity index (χ0) is 21.9. The lowest BCUT2D eigenvalue weighted by molar-refractivity contribution is -0.186. The van der Waals surface area contributed by atoms with Gasteiger partial charge < -0.3 is 15.2 Å². The van der Waals surface area contributed by atoms with Crippen molar-refractivity contribution in [3.63, 3.8) is 0 Å². The van der Waals surface area contributed by atoms with E-state index in [1.807, 2.05) is 44.2 Å². The van der Waals surface area contributed by atoms with Crippen LogP contribution in [-0.2, 0) is 4.79 Å². The van der Waals surface area contributed by atoms with Gasteiger partial charge in [0.05, 0.1) is 11.6 Å². The Balaban J connectivity index is 1.78. The highest BCUT2D eigenvalue weighted by Gasteiger charge is 2.61. The van der Waals surface area contributed by atoms with Crippen molar-refractivity contribution in [2.75, 3.05) is 0 Å². The minimum Gasteiger partial charge on any atom is -0.478 e. The summed E-state index contributed by atoms with van der Waals surface area (Å²) in [7, 11) is 0. The van der Waals surface area contributed by atoms with Crippen molar-refractivity contribution in [1.29, 1.82) is 0 Å². The largest absolute Gasteiger partial charge is 0.478 e. The predicted octanol–water partition coefficient (Wildman–Crippen LogP) is 4.21. The number of likely N-dealkylation sites (tertiary alicyclic amines) is 1. The Morgan fingerprint density at radius 2 is 1.77 bits per heavy atom. The van der Waals surface area contributed by atoms with Crippen molar-refractivity contribution >= 4 is 17.9 Å². The average molecular weight is 410 g/mol. The van der Waals surface area contributed by atoms with Crippen LogP contribution in [-0.4, -0.2) is 34.1 Å². The molecular formula is C23H26N2O5. The number of hydrogen-bond donors (Lipinski definition) is 2. The summed E-state index contributed by atoms with van der Waals surface area (Å²) < 4.78 is 5.97. The number of ether oxygens (including phenoxy) is 1. The number of nitrogens with one attached hydrogen (secondary N) is 1. The molecule has 1 heterocycles. The molecule has 2 aromatic rings. The Labute approximate surface area is 175 Å². The number of nitrogens with zero attached hydrogens (tertiary/aromatic N) is 1. The molecular weight excluding hydrogens is 384 g/mol. The fourth-order valence-corrected chi connectivity index (χ4v) is 3.54. The Kier molecular flexibility index (Phi) is 6.10. The lowest BCUT2D eigenvalue weighted by atomic mass is 9.76. The molecule has 2 N–H and O–H groups in total. The average Bonchev–Trinajstić information content (AvgIpc) is 2.77. The van der Waals surface area contributed by atoms with Gasteiger partial charge in [0.1, 0.15) is 11.2 Å². The maximum absolute atomic E-state index is 13.0. The van der Waals surface area contributed by atoms with E-state index in [9.17, 15) is 14.4 Å². The van der Waals surface area contributed by atoms with Crippen molar-refractivity contribution in [2.24, 2.45) is 5.41 Å². The molecule has 0 radical (unpaired) electrons. The molecule has 0 aliphatic carbocycles. The van der Waals surface area contributed by atoms with Crippen LogP contribution in [0.25, 0.3) is 0 Å². The van der Waals surface area contributed by atoms with Gasteiger partial charge in [0.2, 0.25) is 5.91 Å². The summed E-state index contributed by atoms with van der Waals surface area (Å²) in [6.07, 6.45) is 0.396. The van der Waals surface area contributed by atoms with E-state index in [0.717, 1.165) is 10.5 Å². The van der Waals surface area contributed by atoms with Crippen LogP contribution in [0.15, 0.2) is 54.6 Å². The molecule has 30 heavy (non-hydrogen) atoms. The number of urea groups is 1. The molecule has 3 amide bonds. The number of carboxylic acids is 1. The zero-order valence-electron chi connectivity index (χ0n) is 17.3. The number of β-lactam (4-membered cyclic amide) rings is 1. The first-order valence-electron chi connectivity index (χ1n) is 10.0. The number of benzene rings is 2. The molecule has 1 aliphatic heterocycles. The molecule has 0 bridgehead atoms. The number of aromatic carboxylic acids is 1. The van der Waals surface area contributed by atoms with E-state index in [0.29, 0.717) is 18.6 Å². The molecule has 3 rings (SSSR count). The third kappa shape index (κ3) is 3.87. The number of carbonyl (C=O) groups is 3. The number of imide groups is 1. The van der Waals surface area contributed by atoms with Crippen molar-refractivity contribution in [3.8, 4) is 5.75 Å². The third-order valence-electron chi connectivity index (χ3n) is 5.70. The molecule has 3 atom stereocenters. The van der Waals surface area contributed by atoms with E-state index < -0.39 is 23.6 Å². The molecule has 1 saturated heterocycles. The summed E-state index contributed by atoms with van der Waals surface area (Å²) in [4.78, 5) is 37.9. The first kappa shape index (κ1) is 21.4. The minimum absolute atomic E-state index is 0.133. The van der Waals surface area contributed by atoms with Crippen molar-refractivity contribution in [3.05, 3.63) is 65.7 Å². The van der Waals surface area contributed by atoms with Gasteiger partial charge in [-0.2, -0.15) is 0 Å². The van der Waals surface area contributed by atoms with Crippen LogP contribution < -0.4 is 10.1 Å². The number of carboxylic acid groups (broad SMARTS) is 1. The first-order chi connectivity index (χ1) is 14.3. The Morgan fingerprint density at radius 3 is 2.30 bits per heavy atom. The van der Waals surface area contributed by atoms with Gasteiger partial charge in [-0.1, -0.05) is 44.2 Å². The lowest BCUT2D eigenvalue weighted by Crippen LogP contribution is -2.72. The first-order valence-corrected chi connectivity index (χ1v) is 10.0. The van der Waals surface area contributed by atoms with Crippen molar-refractivity contribution < 1.29 is 24.2 Å². The molecule has 1 fully saturated rings. The van der Waals surface area contributed by atoms with Gasteiger partial charge in [-0.25, -0.2) is 14.5 Å². The molecule has 0 spiro atoms.